The molecular weight excluding hydrogens is 1150 g/mol. The van der Waals surface area contributed by atoms with Gasteiger partial charge in [-0.3, -0.25) is 38.4 Å². The molecule has 23 nitrogen and oxygen atoms in total. The van der Waals surface area contributed by atoms with Gasteiger partial charge in [0.05, 0.1) is 31.7 Å². The maximum Gasteiger partial charge on any atom is 0.251 e. The first kappa shape index (κ1) is 73.6. The molecule has 0 radical (unpaired) electrons. The van der Waals surface area contributed by atoms with Crippen molar-refractivity contribution in [1.29, 1.82) is 0 Å². The number of nitrogens with one attached hydrogen (secondary N) is 6. The number of likely N-dealkylation sites (N-methyl/N-ethyl adjacent to an activating group) is 1. The summed E-state index contributed by atoms with van der Waals surface area (Å²) in [5.74, 6) is -1.20. The van der Waals surface area contributed by atoms with E-state index in [9.17, 15) is 38.4 Å². The fourth-order valence-corrected chi connectivity index (χ4v) is 9.37. The zero-order valence-electron chi connectivity index (χ0n) is 53.7. The number of aromatic nitrogens is 3. The molecule has 0 saturated carbocycles. The molecule has 0 fully saturated rings. The second-order valence-electron chi connectivity index (χ2n) is 23.2. The molecule has 5 rings (SSSR count). The van der Waals surface area contributed by atoms with E-state index in [1.807, 2.05) is 85.8 Å². The molecule has 0 aliphatic rings. The minimum atomic E-state index is -0.734. The maximum absolute atomic E-state index is 12.8. The van der Waals surface area contributed by atoms with Crippen LogP contribution in [0.5, 0.6) is 5.75 Å². The van der Waals surface area contributed by atoms with Gasteiger partial charge in [0.25, 0.3) is 17.7 Å². The molecule has 0 aliphatic heterocycles. The highest BCUT2D eigenvalue weighted by atomic mass is 16.6. The number of nitrogens with two attached hydrogens (primary N) is 2. The number of unbranched alkanes of at least 4 members (excludes halogenated alkanes) is 2. The van der Waals surface area contributed by atoms with Gasteiger partial charge in [-0.2, -0.15) is 0 Å². The Hall–Kier alpha value is -8.83. The van der Waals surface area contributed by atoms with E-state index in [-0.39, 0.29) is 60.4 Å². The van der Waals surface area contributed by atoms with Gasteiger partial charge in [0.2, 0.25) is 23.6 Å². The highest BCUT2D eigenvalue weighted by molar-refractivity contribution is 6.00. The number of rotatable bonds is 39. The number of benzene rings is 4. The highest BCUT2D eigenvalue weighted by Crippen LogP contribution is 2.18. The van der Waals surface area contributed by atoms with E-state index in [0.717, 1.165) is 36.1 Å². The molecule has 1 aromatic heterocycles. The normalized spacial score (nSPS) is 12.5. The molecule has 5 aromatic rings. The fraction of sp³-hybridized carbons (Fsp3) is 0.478. The van der Waals surface area contributed by atoms with Crippen LogP contribution in [0.3, 0.4) is 0 Å². The molecule has 0 aliphatic carbocycles. The van der Waals surface area contributed by atoms with Crippen molar-refractivity contribution < 1.29 is 52.7 Å². The summed E-state index contributed by atoms with van der Waals surface area (Å²) in [4.78, 5) is 103. The Morgan fingerprint density at radius 2 is 1.06 bits per heavy atom. The van der Waals surface area contributed by atoms with Gasteiger partial charge in [-0.15, -0.1) is 5.10 Å². The van der Waals surface area contributed by atoms with Crippen molar-refractivity contribution in [1.82, 2.24) is 46.9 Å². The monoisotopic (exact) mass is 1240 g/mol. The minimum Gasteiger partial charge on any atom is -0.487 e. The summed E-state index contributed by atoms with van der Waals surface area (Å²) in [5, 5.41) is 29.7. The molecule has 0 spiro atoms. The topological polar surface area (TPSA) is 332 Å². The predicted octanol–water partition coefficient (Wildman–Crippen LogP) is 6.81. The summed E-state index contributed by atoms with van der Waals surface area (Å²) in [5.41, 5.74) is 16.9. The van der Waals surface area contributed by atoms with Gasteiger partial charge in [-0.05, 0) is 143 Å². The zero-order chi connectivity index (χ0) is 66.0. The Morgan fingerprint density at radius 3 is 1.58 bits per heavy atom. The molecule has 23 heteroatoms. The Kier molecular flexibility index (Phi) is 32.7. The van der Waals surface area contributed by atoms with E-state index in [1.165, 1.54) is 6.92 Å². The number of amides is 7. The smallest absolute Gasteiger partial charge is 0.251 e. The van der Waals surface area contributed by atoms with E-state index >= 15 is 0 Å². The summed E-state index contributed by atoms with van der Waals surface area (Å²) < 4.78 is 13.0. The lowest BCUT2D eigenvalue weighted by Crippen LogP contribution is -2.46. The Morgan fingerprint density at radius 1 is 0.567 bits per heavy atom. The number of Topliss-reactive ketones (excluding diaryl/α,β-unsaturated/α-hetero) is 1. The Labute approximate surface area is 529 Å². The van der Waals surface area contributed by atoms with Gasteiger partial charge >= 0.3 is 0 Å². The van der Waals surface area contributed by atoms with Crippen LogP contribution in [0.25, 0.3) is 0 Å². The van der Waals surface area contributed by atoms with Gasteiger partial charge in [0.15, 0.2) is 5.78 Å². The number of carbonyl (C=O) groups excluding carboxylic acids is 8. The van der Waals surface area contributed by atoms with E-state index in [4.69, 9.17) is 25.8 Å². The van der Waals surface area contributed by atoms with Gasteiger partial charge < -0.3 is 57.7 Å². The van der Waals surface area contributed by atoms with Crippen molar-refractivity contribution in [2.45, 2.75) is 139 Å². The van der Waals surface area contributed by atoms with E-state index in [2.05, 4.69) is 47.4 Å². The van der Waals surface area contributed by atoms with Crippen LogP contribution in [-0.2, 0) is 48.5 Å². The van der Waals surface area contributed by atoms with Crippen LogP contribution in [0.4, 0.5) is 0 Å². The molecule has 0 bridgehead atoms. The van der Waals surface area contributed by atoms with Gasteiger partial charge in [0, 0.05) is 60.3 Å². The third kappa shape index (κ3) is 28.1. The van der Waals surface area contributed by atoms with Crippen LogP contribution in [0.1, 0.15) is 171 Å². The average molecular weight is 1240 g/mol. The van der Waals surface area contributed by atoms with Crippen molar-refractivity contribution in [3.63, 3.8) is 0 Å². The van der Waals surface area contributed by atoms with Gasteiger partial charge in [-0.25, -0.2) is 4.68 Å². The Balaban J connectivity index is 0.000000394. The summed E-state index contributed by atoms with van der Waals surface area (Å²) >= 11 is 0. The summed E-state index contributed by atoms with van der Waals surface area (Å²) in [6.45, 7) is 19.0. The first-order valence-electron chi connectivity index (χ1n) is 30.9. The lowest BCUT2D eigenvalue weighted by atomic mass is 9.97. The number of oxime groups is 1. The molecule has 0 unspecified atom stereocenters. The number of hydrogen-bond acceptors (Lipinski definition) is 15. The van der Waals surface area contributed by atoms with Crippen LogP contribution < -0.4 is 48.1 Å². The van der Waals surface area contributed by atoms with E-state index in [1.54, 1.807) is 77.6 Å². The third-order valence-corrected chi connectivity index (χ3v) is 14.2. The van der Waals surface area contributed by atoms with Crippen LogP contribution in [0, 0.1) is 23.7 Å². The van der Waals surface area contributed by atoms with Crippen molar-refractivity contribution in [3.05, 3.63) is 148 Å². The van der Waals surface area contributed by atoms with Crippen molar-refractivity contribution >= 4 is 52.8 Å². The number of primary amides is 2. The Bertz CT molecular complexity index is 3130. The largest absolute Gasteiger partial charge is 0.487 e. The molecule has 0 saturated heterocycles. The molecule has 488 valence electrons. The summed E-state index contributed by atoms with van der Waals surface area (Å²) in [6, 6.07) is 27.0. The maximum atomic E-state index is 12.8. The average Bonchev–Trinajstić information content (AvgIpc) is 3.90. The van der Waals surface area contributed by atoms with Crippen LogP contribution in [-0.4, -0.2) is 126 Å². The van der Waals surface area contributed by atoms with Crippen LogP contribution in [0.15, 0.2) is 108 Å². The fourth-order valence-electron chi connectivity index (χ4n) is 9.37. The molecule has 10 N–H and O–H groups in total. The molecular formula is C67H94N12O11. The molecule has 7 amide bonds. The highest BCUT2D eigenvalue weighted by Gasteiger charge is 2.24. The zero-order valence-corrected chi connectivity index (χ0v) is 53.7. The lowest BCUT2D eigenvalue weighted by Gasteiger charge is -2.19. The number of hydrogen-bond donors (Lipinski definition) is 8. The SMILES string of the molecule is CC(=O)c1ccc(/C(C)=N/OCc2cccc(C(=O)NCCCC[C@H](NC(=O)[C@@H](C)CC(C)C)C(N)=O)c2)cc1.CNCCOCCNC(=O)c1cccc(OCc2cn(Cc3cccc(C(=O)NCCCC[C@H](NC(=O)[C@@H](C)CC(C)C)C(N)=O)c3)nn2)c1. The van der Waals surface area contributed by atoms with Crippen molar-refractivity contribution in [3.8, 4) is 5.75 Å². The quantitative estimate of drug-likeness (QED) is 0.00868. The number of ketones is 1. The van der Waals surface area contributed by atoms with Crippen LogP contribution in [0.2, 0.25) is 0 Å². The number of nitrogens with zero attached hydrogens (tertiary/aromatic N) is 4. The van der Waals surface area contributed by atoms with E-state index in [0.29, 0.717) is 129 Å². The second-order valence-corrected chi connectivity index (χ2v) is 23.2. The third-order valence-electron chi connectivity index (χ3n) is 14.2. The van der Waals surface area contributed by atoms with Crippen molar-refractivity contribution in [2.75, 3.05) is 46.4 Å². The summed E-state index contributed by atoms with van der Waals surface area (Å²) in [7, 11) is 1.85. The van der Waals surface area contributed by atoms with Gasteiger partial charge in [-0.1, -0.05) is 107 Å². The predicted molar refractivity (Wildman–Crippen MR) is 345 cm³/mol. The number of ether oxygens (including phenoxy) is 2. The lowest BCUT2D eigenvalue weighted by molar-refractivity contribution is -0.130. The van der Waals surface area contributed by atoms with Gasteiger partial charge in [0.1, 0.15) is 36.7 Å². The minimum absolute atomic E-state index is 0.00520. The van der Waals surface area contributed by atoms with E-state index < -0.39 is 23.9 Å². The molecule has 4 atom stereocenters. The molecule has 4 aromatic carbocycles. The molecule has 90 heavy (non-hydrogen) atoms. The second kappa shape index (κ2) is 39.9. The standard InChI is InChI=1S/C36H52N8O6.C31H42N4O5/c1-25(2)19-26(3)34(46)41-32(33(37)45)13-5-6-14-39-35(47)28-10-7-9-27(20-28)22-44-23-30(42-43-44)24-50-31-12-8-11-29(21-31)36(48)40-16-18-49-17-15-38-4;1-20(2)17-21(3)30(38)34-28(29(32)37)11-6-7-16-33-31(39)27-10-8-9-24(18-27)19-40-35-22(4)25-12-14-26(15-13-25)23(5)36/h7-12,20-21,23,25-26,32,38H,5-6,13-19,22,24H2,1-4H3,(H2,37,45)(H,39,47)(H,40,48)(H,41,46);8-10,12-15,18,20-21,28H,6-7,11,16-17,19H2,1-5H3,(H2,32,37)(H,33,39)(H,34,38)/b;35-22+/t26-,32-;21-,28-/m00/s1. The first-order chi connectivity index (χ1) is 43.0. The molecule has 1 heterocycles. The van der Waals surface area contributed by atoms with Crippen LogP contribution >= 0.6 is 0 Å². The first-order valence-corrected chi connectivity index (χ1v) is 30.9. The summed E-state index contributed by atoms with van der Waals surface area (Å²) in [6.07, 6.45) is 6.55. The van der Waals surface area contributed by atoms with Crippen molar-refractivity contribution in [2.24, 2.45) is 40.3 Å². The number of carbonyl (C=O) groups is 8.